The number of nitrogens with two attached hydrogens (primary N) is 1. The SMILES string of the molecule is CC(NC(=O)c1ccc(Br)c(O)c1)c1ccc(N)cc1. The van der Waals surface area contributed by atoms with Gasteiger partial charge in [0.1, 0.15) is 5.75 Å². The van der Waals surface area contributed by atoms with Crippen LogP contribution in [0.2, 0.25) is 0 Å². The molecule has 0 radical (unpaired) electrons. The Hall–Kier alpha value is -2.01. The second kappa shape index (κ2) is 5.96. The lowest BCUT2D eigenvalue weighted by molar-refractivity contribution is 0.0939. The molecule has 0 aliphatic carbocycles. The fourth-order valence-electron chi connectivity index (χ4n) is 1.80. The van der Waals surface area contributed by atoms with Crippen molar-refractivity contribution < 1.29 is 9.90 Å². The van der Waals surface area contributed by atoms with Crippen molar-refractivity contribution in [2.75, 3.05) is 5.73 Å². The van der Waals surface area contributed by atoms with Crippen LogP contribution in [-0.4, -0.2) is 11.0 Å². The molecule has 0 spiro atoms. The molecule has 20 heavy (non-hydrogen) atoms. The van der Waals surface area contributed by atoms with Gasteiger partial charge in [-0.25, -0.2) is 0 Å². The molecule has 4 N–H and O–H groups in total. The summed E-state index contributed by atoms with van der Waals surface area (Å²) >= 11 is 3.18. The molecule has 1 unspecified atom stereocenters. The van der Waals surface area contributed by atoms with Crippen molar-refractivity contribution >= 4 is 27.5 Å². The quantitative estimate of drug-likeness (QED) is 0.754. The number of hydrogen-bond donors (Lipinski definition) is 3. The number of phenolic OH excluding ortho intramolecular Hbond substituents is 1. The van der Waals surface area contributed by atoms with Gasteiger partial charge in [0.15, 0.2) is 0 Å². The summed E-state index contributed by atoms with van der Waals surface area (Å²) in [7, 11) is 0. The van der Waals surface area contributed by atoms with Gasteiger partial charge in [-0.05, 0) is 58.7 Å². The third-order valence-electron chi connectivity index (χ3n) is 2.99. The topological polar surface area (TPSA) is 75.3 Å². The minimum absolute atomic E-state index is 0.0396. The molecular formula is C15H15BrN2O2. The van der Waals surface area contributed by atoms with E-state index in [0.29, 0.717) is 15.7 Å². The van der Waals surface area contributed by atoms with Gasteiger partial charge in [-0.2, -0.15) is 0 Å². The van der Waals surface area contributed by atoms with E-state index in [1.54, 1.807) is 24.3 Å². The molecule has 0 aliphatic rings. The summed E-state index contributed by atoms with van der Waals surface area (Å²) in [6, 6.07) is 11.9. The first-order valence-corrected chi connectivity index (χ1v) is 6.91. The second-order valence-corrected chi connectivity index (χ2v) is 5.38. The number of benzene rings is 2. The maximum Gasteiger partial charge on any atom is 0.251 e. The molecule has 0 aliphatic heterocycles. The van der Waals surface area contributed by atoms with Crippen molar-refractivity contribution in [1.82, 2.24) is 5.32 Å². The summed E-state index contributed by atoms with van der Waals surface area (Å²) in [6.07, 6.45) is 0. The number of amides is 1. The number of anilines is 1. The molecule has 2 rings (SSSR count). The number of carbonyl (C=O) groups is 1. The number of halogens is 1. The van der Waals surface area contributed by atoms with Crippen LogP contribution in [0.3, 0.4) is 0 Å². The largest absolute Gasteiger partial charge is 0.507 e. The van der Waals surface area contributed by atoms with Crippen molar-refractivity contribution in [2.45, 2.75) is 13.0 Å². The van der Waals surface area contributed by atoms with Gasteiger partial charge in [-0.15, -0.1) is 0 Å². The zero-order valence-corrected chi connectivity index (χ0v) is 12.5. The smallest absolute Gasteiger partial charge is 0.251 e. The van der Waals surface area contributed by atoms with Crippen LogP contribution in [0.4, 0.5) is 5.69 Å². The third-order valence-corrected chi connectivity index (χ3v) is 3.66. The highest BCUT2D eigenvalue weighted by atomic mass is 79.9. The molecule has 0 fully saturated rings. The predicted molar refractivity (Wildman–Crippen MR) is 82.5 cm³/mol. The van der Waals surface area contributed by atoms with Crippen LogP contribution in [0.15, 0.2) is 46.9 Å². The van der Waals surface area contributed by atoms with Crippen molar-refractivity contribution in [3.63, 3.8) is 0 Å². The lowest BCUT2D eigenvalue weighted by Gasteiger charge is -2.15. The Bertz CT molecular complexity index is 626. The molecule has 2 aromatic carbocycles. The normalized spacial score (nSPS) is 11.9. The van der Waals surface area contributed by atoms with Gasteiger partial charge in [-0.3, -0.25) is 4.79 Å². The Morgan fingerprint density at radius 2 is 1.90 bits per heavy atom. The number of nitrogen functional groups attached to an aromatic ring is 1. The van der Waals surface area contributed by atoms with Crippen LogP contribution in [-0.2, 0) is 0 Å². The summed E-state index contributed by atoms with van der Waals surface area (Å²) in [4.78, 5) is 12.1. The van der Waals surface area contributed by atoms with E-state index in [9.17, 15) is 9.90 Å². The van der Waals surface area contributed by atoms with Gasteiger partial charge in [-0.1, -0.05) is 12.1 Å². The third kappa shape index (κ3) is 3.30. The van der Waals surface area contributed by atoms with Crippen LogP contribution in [0.25, 0.3) is 0 Å². The molecule has 5 heteroatoms. The average molecular weight is 335 g/mol. The van der Waals surface area contributed by atoms with Gasteiger partial charge in [0.25, 0.3) is 5.91 Å². The second-order valence-electron chi connectivity index (χ2n) is 4.53. The number of nitrogens with one attached hydrogen (secondary N) is 1. The number of carbonyl (C=O) groups excluding carboxylic acids is 1. The highest BCUT2D eigenvalue weighted by Crippen LogP contribution is 2.24. The molecule has 1 amide bonds. The van der Waals surface area contributed by atoms with Gasteiger partial charge in [0, 0.05) is 11.3 Å². The Kier molecular flexibility index (Phi) is 4.29. The van der Waals surface area contributed by atoms with Crippen molar-refractivity contribution in [3.05, 3.63) is 58.1 Å². The number of aromatic hydroxyl groups is 1. The molecule has 0 aromatic heterocycles. The van der Waals surface area contributed by atoms with Crippen molar-refractivity contribution in [1.29, 1.82) is 0 Å². The Morgan fingerprint density at radius 3 is 2.50 bits per heavy atom. The molecule has 104 valence electrons. The minimum Gasteiger partial charge on any atom is -0.507 e. The van der Waals surface area contributed by atoms with Crippen LogP contribution in [0.1, 0.15) is 28.9 Å². The highest BCUT2D eigenvalue weighted by Gasteiger charge is 2.12. The molecule has 0 bridgehead atoms. The van der Waals surface area contributed by atoms with Crippen LogP contribution >= 0.6 is 15.9 Å². The van der Waals surface area contributed by atoms with E-state index >= 15 is 0 Å². The van der Waals surface area contributed by atoms with Gasteiger partial charge in [0.05, 0.1) is 10.5 Å². The molecule has 2 aromatic rings. The van der Waals surface area contributed by atoms with E-state index in [1.165, 1.54) is 6.07 Å². The summed E-state index contributed by atoms with van der Waals surface area (Å²) < 4.78 is 0.556. The van der Waals surface area contributed by atoms with E-state index < -0.39 is 0 Å². The summed E-state index contributed by atoms with van der Waals surface area (Å²) in [5, 5.41) is 12.5. The summed E-state index contributed by atoms with van der Waals surface area (Å²) in [5.41, 5.74) is 7.69. The first-order chi connectivity index (χ1) is 9.47. The molecule has 4 nitrogen and oxygen atoms in total. The lowest BCUT2D eigenvalue weighted by atomic mass is 10.1. The molecule has 0 saturated carbocycles. The first kappa shape index (κ1) is 14.4. The van der Waals surface area contributed by atoms with E-state index in [1.807, 2.05) is 19.1 Å². The standard InChI is InChI=1S/C15H15BrN2O2/c1-9(10-2-5-12(17)6-3-10)18-15(20)11-4-7-13(16)14(19)8-11/h2-9,19H,17H2,1H3,(H,18,20). The first-order valence-electron chi connectivity index (χ1n) is 6.12. The Labute approximate surface area is 125 Å². The Balaban J connectivity index is 2.10. The van der Waals surface area contributed by atoms with Gasteiger partial charge >= 0.3 is 0 Å². The zero-order valence-electron chi connectivity index (χ0n) is 10.9. The zero-order chi connectivity index (χ0) is 14.7. The number of hydrogen-bond acceptors (Lipinski definition) is 3. The van der Waals surface area contributed by atoms with Gasteiger partial charge in [0.2, 0.25) is 0 Å². The number of phenols is 1. The summed E-state index contributed by atoms with van der Waals surface area (Å²) in [5.74, 6) is -0.199. The predicted octanol–water partition coefficient (Wildman–Crippen LogP) is 3.23. The van der Waals surface area contributed by atoms with Crippen LogP contribution in [0, 0.1) is 0 Å². The molecule has 0 saturated heterocycles. The fraction of sp³-hybridized carbons (Fsp3) is 0.133. The summed E-state index contributed by atoms with van der Waals surface area (Å²) in [6.45, 7) is 1.89. The lowest BCUT2D eigenvalue weighted by Crippen LogP contribution is -2.26. The van der Waals surface area contributed by atoms with E-state index in [2.05, 4.69) is 21.2 Å². The number of rotatable bonds is 3. The molecule has 1 atom stereocenters. The van der Waals surface area contributed by atoms with Gasteiger partial charge < -0.3 is 16.2 Å². The van der Waals surface area contributed by atoms with Crippen LogP contribution < -0.4 is 11.1 Å². The maximum atomic E-state index is 12.1. The monoisotopic (exact) mass is 334 g/mol. The highest BCUT2D eigenvalue weighted by molar-refractivity contribution is 9.10. The van der Waals surface area contributed by atoms with Crippen LogP contribution in [0.5, 0.6) is 5.75 Å². The fourth-order valence-corrected chi connectivity index (χ4v) is 2.05. The average Bonchev–Trinajstić information content (AvgIpc) is 2.42. The Morgan fingerprint density at radius 1 is 1.25 bits per heavy atom. The molecule has 0 heterocycles. The molecular weight excluding hydrogens is 320 g/mol. The van der Waals surface area contributed by atoms with Crippen molar-refractivity contribution in [3.8, 4) is 5.75 Å². The van der Waals surface area contributed by atoms with E-state index in [4.69, 9.17) is 5.73 Å². The minimum atomic E-state index is -0.239. The van der Waals surface area contributed by atoms with Crippen molar-refractivity contribution in [2.24, 2.45) is 0 Å². The van der Waals surface area contributed by atoms with E-state index in [-0.39, 0.29) is 17.7 Å². The maximum absolute atomic E-state index is 12.1. The van der Waals surface area contributed by atoms with E-state index in [0.717, 1.165) is 5.56 Å².